The van der Waals surface area contributed by atoms with Crippen molar-refractivity contribution in [1.82, 2.24) is 15.1 Å². The van der Waals surface area contributed by atoms with Gasteiger partial charge in [-0.05, 0) is 84.2 Å². The van der Waals surface area contributed by atoms with Crippen LogP contribution in [0.2, 0.25) is 0 Å². The fraction of sp³-hybridized carbons (Fsp3) is 1.00. The van der Waals surface area contributed by atoms with Crippen molar-refractivity contribution in [3.8, 4) is 0 Å². The van der Waals surface area contributed by atoms with E-state index in [2.05, 4.69) is 35.9 Å². The van der Waals surface area contributed by atoms with Crippen molar-refractivity contribution in [1.29, 1.82) is 0 Å². The topological polar surface area (TPSA) is 18.5 Å². The summed E-state index contributed by atoms with van der Waals surface area (Å²) in [5, 5.41) is 3.94. The van der Waals surface area contributed by atoms with E-state index in [0.29, 0.717) is 6.04 Å². The highest BCUT2D eigenvalue weighted by Crippen LogP contribution is 2.22. The Kier molecular flexibility index (Phi) is 6.79. The molecule has 2 aliphatic heterocycles. The lowest BCUT2D eigenvalue weighted by molar-refractivity contribution is 0.147. The van der Waals surface area contributed by atoms with Crippen molar-refractivity contribution in [2.75, 3.05) is 39.3 Å². The molecule has 2 heterocycles. The van der Waals surface area contributed by atoms with E-state index in [-0.39, 0.29) is 0 Å². The van der Waals surface area contributed by atoms with E-state index < -0.39 is 0 Å². The zero-order valence-corrected chi connectivity index (χ0v) is 13.9. The summed E-state index contributed by atoms with van der Waals surface area (Å²) in [6.07, 6.45) is 6.76. The maximum absolute atomic E-state index is 3.94. The van der Waals surface area contributed by atoms with Gasteiger partial charge in [0.1, 0.15) is 0 Å². The molecule has 20 heavy (non-hydrogen) atoms. The summed E-state index contributed by atoms with van der Waals surface area (Å²) < 4.78 is 0. The monoisotopic (exact) mass is 281 g/mol. The molecule has 3 nitrogen and oxygen atoms in total. The second-order valence-corrected chi connectivity index (χ2v) is 6.84. The van der Waals surface area contributed by atoms with Crippen LogP contribution in [0.3, 0.4) is 0 Å². The molecule has 0 aliphatic carbocycles. The molecular weight excluding hydrogens is 246 g/mol. The first-order valence-electron chi connectivity index (χ1n) is 8.93. The van der Waals surface area contributed by atoms with Crippen LogP contribution in [0.25, 0.3) is 0 Å². The maximum atomic E-state index is 3.94. The summed E-state index contributed by atoms with van der Waals surface area (Å²) in [5.74, 6) is 0.895. The molecule has 0 spiro atoms. The van der Waals surface area contributed by atoms with Crippen LogP contribution in [0.4, 0.5) is 0 Å². The highest BCUT2D eigenvalue weighted by molar-refractivity contribution is 4.84. The van der Waals surface area contributed by atoms with Crippen LogP contribution in [0.1, 0.15) is 52.9 Å². The van der Waals surface area contributed by atoms with Crippen LogP contribution < -0.4 is 5.32 Å². The van der Waals surface area contributed by atoms with E-state index in [1.54, 1.807) is 0 Å². The van der Waals surface area contributed by atoms with Crippen molar-refractivity contribution < 1.29 is 0 Å². The second-order valence-electron chi connectivity index (χ2n) is 6.84. The number of piperidine rings is 2. The fourth-order valence-electron chi connectivity index (χ4n) is 3.92. The van der Waals surface area contributed by atoms with Crippen LogP contribution in [0.15, 0.2) is 0 Å². The summed E-state index contributed by atoms with van der Waals surface area (Å²) in [6.45, 7) is 14.7. The van der Waals surface area contributed by atoms with Gasteiger partial charge in [0.25, 0.3) is 0 Å². The van der Waals surface area contributed by atoms with Crippen LogP contribution in [0, 0.1) is 5.92 Å². The molecule has 0 saturated carbocycles. The highest BCUT2D eigenvalue weighted by atomic mass is 15.1. The lowest BCUT2D eigenvalue weighted by Crippen LogP contribution is -2.49. The van der Waals surface area contributed by atoms with Gasteiger partial charge in [-0.1, -0.05) is 13.8 Å². The van der Waals surface area contributed by atoms with Crippen LogP contribution >= 0.6 is 0 Å². The van der Waals surface area contributed by atoms with Crippen molar-refractivity contribution in [3.05, 3.63) is 0 Å². The van der Waals surface area contributed by atoms with Gasteiger partial charge < -0.3 is 15.1 Å². The molecule has 3 heteroatoms. The molecule has 1 N–H and O–H groups in total. The van der Waals surface area contributed by atoms with Gasteiger partial charge in [0.05, 0.1) is 0 Å². The van der Waals surface area contributed by atoms with Gasteiger partial charge in [-0.2, -0.15) is 0 Å². The van der Waals surface area contributed by atoms with E-state index >= 15 is 0 Å². The average molecular weight is 281 g/mol. The summed E-state index contributed by atoms with van der Waals surface area (Å²) in [6, 6.07) is 1.47. The first-order chi connectivity index (χ1) is 9.72. The van der Waals surface area contributed by atoms with Gasteiger partial charge in [-0.3, -0.25) is 0 Å². The fourth-order valence-corrected chi connectivity index (χ4v) is 3.92. The smallest absolute Gasteiger partial charge is 0.00940 e. The predicted molar refractivity (Wildman–Crippen MR) is 87.2 cm³/mol. The number of nitrogens with zero attached hydrogens (tertiary/aromatic N) is 2. The van der Waals surface area contributed by atoms with Crippen molar-refractivity contribution >= 4 is 0 Å². The Morgan fingerprint density at radius 1 is 0.950 bits per heavy atom. The first kappa shape index (κ1) is 16.3. The Morgan fingerprint density at radius 2 is 1.55 bits per heavy atom. The number of hydrogen-bond acceptors (Lipinski definition) is 3. The van der Waals surface area contributed by atoms with Crippen LogP contribution in [-0.2, 0) is 0 Å². The minimum Gasteiger partial charge on any atom is -0.311 e. The maximum Gasteiger partial charge on any atom is 0.00940 e. The molecule has 0 aromatic rings. The Balaban J connectivity index is 1.66. The van der Waals surface area contributed by atoms with E-state index in [1.807, 2.05) is 0 Å². The van der Waals surface area contributed by atoms with Crippen molar-refractivity contribution in [3.63, 3.8) is 0 Å². The van der Waals surface area contributed by atoms with Gasteiger partial charge in [0, 0.05) is 12.1 Å². The summed E-state index contributed by atoms with van der Waals surface area (Å²) in [7, 11) is 0. The third-order valence-corrected chi connectivity index (χ3v) is 5.41. The Bertz CT molecular complexity index is 253. The van der Waals surface area contributed by atoms with E-state index in [0.717, 1.165) is 12.0 Å². The number of rotatable bonds is 6. The number of nitrogens with one attached hydrogen (secondary N) is 1. The van der Waals surface area contributed by atoms with Gasteiger partial charge in [0.15, 0.2) is 0 Å². The molecule has 0 bridgehead atoms. The number of hydrogen-bond donors (Lipinski definition) is 1. The third kappa shape index (κ3) is 4.71. The summed E-state index contributed by atoms with van der Waals surface area (Å²) in [4.78, 5) is 5.22. The van der Waals surface area contributed by atoms with Crippen molar-refractivity contribution in [2.45, 2.75) is 65.0 Å². The van der Waals surface area contributed by atoms with Crippen LogP contribution in [0.5, 0.6) is 0 Å². The molecule has 0 aromatic heterocycles. The molecule has 1 atom stereocenters. The van der Waals surface area contributed by atoms with E-state index in [4.69, 9.17) is 0 Å². The highest BCUT2D eigenvalue weighted by Gasteiger charge is 2.26. The third-order valence-electron chi connectivity index (χ3n) is 5.41. The molecule has 2 fully saturated rings. The molecule has 0 aromatic carbocycles. The molecule has 2 rings (SSSR count). The minimum atomic E-state index is 0.705. The predicted octanol–water partition coefficient (Wildman–Crippen LogP) is 2.57. The van der Waals surface area contributed by atoms with E-state index in [1.165, 1.54) is 71.4 Å². The Morgan fingerprint density at radius 3 is 2.10 bits per heavy atom. The Labute approximate surface area is 126 Å². The minimum absolute atomic E-state index is 0.705. The molecule has 0 radical (unpaired) electrons. The largest absolute Gasteiger partial charge is 0.311 e. The Hall–Kier alpha value is -0.120. The summed E-state index contributed by atoms with van der Waals surface area (Å²) in [5.41, 5.74) is 0. The lowest BCUT2D eigenvalue weighted by Gasteiger charge is -2.38. The molecule has 2 saturated heterocycles. The van der Waals surface area contributed by atoms with E-state index in [9.17, 15) is 0 Å². The zero-order valence-electron chi connectivity index (χ0n) is 13.9. The zero-order chi connectivity index (χ0) is 14.4. The molecule has 2 aliphatic rings. The van der Waals surface area contributed by atoms with Gasteiger partial charge in [-0.25, -0.2) is 0 Å². The second kappa shape index (κ2) is 8.35. The normalized spacial score (nSPS) is 25.9. The quantitative estimate of drug-likeness (QED) is 0.807. The molecular formula is C17H35N3. The SMILES string of the molecule is CCCN1CCC(NC(C)C2CCN(CC)CC2)CC1. The molecule has 118 valence electrons. The van der Waals surface area contributed by atoms with Gasteiger partial charge in [-0.15, -0.1) is 0 Å². The summed E-state index contributed by atoms with van der Waals surface area (Å²) >= 11 is 0. The average Bonchev–Trinajstić information content (AvgIpc) is 2.49. The molecule has 1 unspecified atom stereocenters. The molecule has 0 amide bonds. The number of likely N-dealkylation sites (tertiary alicyclic amines) is 2. The van der Waals surface area contributed by atoms with Gasteiger partial charge in [0.2, 0.25) is 0 Å². The van der Waals surface area contributed by atoms with Crippen molar-refractivity contribution in [2.24, 2.45) is 5.92 Å². The standard InChI is InChI=1S/C17H35N3/c1-4-10-20-13-8-17(9-14-20)18-15(3)16-6-11-19(5-2)12-7-16/h15-18H,4-14H2,1-3H3. The van der Waals surface area contributed by atoms with Crippen LogP contribution in [-0.4, -0.2) is 61.2 Å². The lowest BCUT2D eigenvalue weighted by atomic mass is 9.89. The van der Waals surface area contributed by atoms with Gasteiger partial charge >= 0.3 is 0 Å². The first-order valence-corrected chi connectivity index (χ1v) is 8.93.